The van der Waals surface area contributed by atoms with Crippen molar-refractivity contribution >= 4 is 27.5 Å². The normalized spacial score (nSPS) is 12.3. The summed E-state index contributed by atoms with van der Waals surface area (Å²) in [6, 6.07) is 12.5. The van der Waals surface area contributed by atoms with Crippen LogP contribution in [0.25, 0.3) is 0 Å². The van der Waals surface area contributed by atoms with Gasteiger partial charge in [0.1, 0.15) is 12.6 Å². The Morgan fingerprint density at radius 3 is 2.11 bits per heavy atom. The fourth-order valence-electron chi connectivity index (χ4n) is 4.06. The second kappa shape index (κ2) is 12.2. The van der Waals surface area contributed by atoms with Crippen molar-refractivity contribution in [3.63, 3.8) is 0 Å². The Hall–Kier alpha value is -2.87. The van der Waals surface area contributed by atoms with Crippen LogP contribution in [0.1, 0.15) is 49.4 Å². The number of nitrogens with zero attached hydrogens (tertiary/aromatic N) is 2. The van der Waals surface area contributed by atoms with Gasteiger partial charge in [0.25, 0.3) is 0 Å². The van der Waals surface area contributed by atoms with Crippen LogP contribution >= 0.6 is 0 Å². The first-order chi connectivity index (χ1) is 16.3. The van der Waals surface area contributed by atoms with Crippen LogP contribution in [0.2, 0.25) is 0 Å². The van der Waals surface area contributed by atoms with E-state index in [0.717, 1.165) is 32.8 Å². The first-order valence-electron chi connectivity index (χ1n) is 12.0. The number of carbonyl (C=O) groups is 2. The molecule has 0 aliphatic rings. The van der Waals surface area contributed by atoms with Crippen molar-refractivity contribution in [2.45, 2.75) is 60.5 Å². The smallest absolute Gasteiger partial charge is 0.244 e. The molecule has 0 aliphatic heterocycles. The van der Waals surface area contributed by atoms with E-state index in [-0.39, 0.29) is 24.9 Å². The van der Waals surface area contributed by atoms with Crippen LogP contribution < -0.4 is 9.62 Å². The number of benzene rings is 2. The third-order valence-corrected chi connectivity index (χ3v) is 6.82. The van der Waals surface area contributed by atoms with E-state index >= 15 is 0 Å². The van der Waals surface area contributed by atoms with Crippen molar-refractivity contribution < 1.29 is 18.0 Å². The predicted octanol–water partition coefficient (Wildman–Crippen LogP) is 3.96. The number of amides is 2. The summed E-state index contributed by atoms with van der Waals surface area (Å²) in [6.07, 6.45) is 1.50. The van der Waals surface area contributed by atoms with Crippen LogP contribution in [0, 0.1) is 26.7 Å². The highest BCUT2D eigenvalue weighted by molar-refractivity contribution is 7.92. The van der Waals surface area contributed by atoms with Crippen LogP contribution in [0.4, 0.5) is 5.69 Å². The molecule has 0 spiro atoms. The number of sulfonamides is 1. The zero-order valence-electron chi connectivity index (χ0n) is 22.0. The van der Waals surface area contributed by atoms with Gasteiger partial charge in [-0.2, -0.15) is 0 Å². The van der Waals surface area contributed by atoms with Gasteiger partial charge >= 0.3 is 0 Å². The van der Waals surface area contributed by atoms with Gasteiger partial charge in [-0.3, -0.25) is 13.9 Å². The molecule has 0 saturated heterocycles. The second-order valence-electron chi connectivity index (χ2n) is 9.69. The summed E-state index contributed by atoms with van der Waals surface area (Å²) in [6.45, 7) is 11.9. The number of hydrogen-bond acceptors (Lipinski definition) is 4. The van der Waals surface area contributed by atoms with Crippen molar-refractivity contribution in [3.8, 4) is 0 Å². The molecular weight excluding hydrogens is 462 g/mol. The average molecular weight is 502 g/mol. The highest BCUT2D eigenvalue weighted by atomic mass is 32.2. The molecule has 0 bridgehead atoms. The van der Waals surface area contributed by atoms with Gasteiger partial charge in [-0.1, -0.05) is 56.7 Å². The monoisotopic (exact) mass is 501 g/mol. The fraction of sp³-hybridized carbons (Fsp3) is 0.481. The van der Waals surface area contributed by atoms with E-state index in [1.165, 1.54) is 4.90 Å². The molecule has 2 aromatic carbocycles. The zero-order chi connectivity index (χ0) is 26.3. The molecule has 8 heteroatoms. The summed E-state index contributed by atoms with van der Waals surface area (Å²) in [4.78, 5) is 28.3. The van der Waals surface area contributed by atoms with E-state index in [9.17, 15) is 18.0 Å². The summed E-state index contributed by atoms with van der Waals surface area (Å²) in [5.74, 6) is -0.398. The SMILES string of the molecule is CCC(C(=O)NCC(C)C)N(Cc1cccc(C)c1)C(=O)CN(c1cc(C)cc(C)c1)S(C)(=O)=O. The Morgan fingerprint density at radius 1 is 0.971 bits per heavy atom. The van der Waals surface area contributed by atoms with E-state index in [1.807, 2.05) is 71.9 Å². The first-order valence-corrected chi connectivity index (χ1v) is 13.8. The standard InChI is InChI=1S/C27H39N3O4S/c1-8-25(27(32)28-16-19(2)3)29(17-23-11-9-10-20(4)13-23)26(31)18-30(35(7,33)34)24-14-21(5)12-22(6)15-24/h9-15,19,25H,8,16-18H2,1-7H3,(H,28,32). The Bertz CT molecular complexity index is 1120. The highest BCUT2D eigenvalue weighted by Crippen LogP contribution is 2.22. The third-order valence-electron chi connectivity index (χ3n) is 5.68. The van der Waals surface area contributed by atoms with Crippen LogP contribution in [0.5, 0.6) is 0 Å². The van der Waals surface area contributed by atoms with Gasteiger partial charge in [0.2, 0.25) is 21.8 Å². The van der Waals surface area contributed by atoms with E-state index in [1.54, 1.807) is 12.1 Å². The van der Waals surface area contributed by atoms with Crippen molar-refractivity contribution in [2.75, 3.05) is 23.7 Å². The minimum atomic E-state index is -3.75. The lowest BCUT2D eigenvalue weighted by molar-refractivity contribution is -0.140. The third kappa shape index (κ3) is 8.38. The first kappa shape index (κ1) is 28.4. The molecule has 35 heavy (non-hydrogen) atoms. The molecule has 0 saturated carbocycles. The van der Waals surface area contributed by atoms with Gasteiger partial charge in [-0.25, -0.2) is 8.42 Å². The van der Waals surface area contributed by atoms with Crippen molar-refractivity contribution in [2.24, 2.45) is 5.92 Å². The molecule has 2 aromatic rings. The summed E-state index contributed by atoms with van der Waals surface area (Å²) >= 11 is 0. The number of hydrogen-bond donors (Lipinski definition) is 1. The maximum absolute atomic E-state index is 13.7. The Balaban J connectivity index is 2.45. The molecule has 1 unspecified atom stereocenters. The molecule has 2 amide bonds. The fourth-order valence-corrected chi connectivity index (χ4v) is 4.89. The van der Waals surface area contributed by atoms with Crippen molar-refractivity contribution in [3.05, 3.63) is 64.7 Å². The predicted molar refractivity (Wildman–Crippen MR) is 142 cm³/mol. The average Bonchev–Trinajstić information content (AvgIpc) is 2.74. The van der Waals surface area contributed by atoms with Crippen LogP contribution in [0.3, 0.4) is 0 Å². The molecule has 2 rings (SSSR count). The topological polar surface area (TPSA) is 86.8 Å². The molecule has 1 N–H and O–H groups in total. The van der Waals surface area contributed by atoms with E-state index in [2.05, 4.69) is 5.32 Å². The Morgan fingerprint density at radius 2 is 1.60 bits per heavy atom. The lowest BCUT2D eigenvalue weighted by Crippen LogP contribution is -2.52. The summed E-state index contributed by atoms with van der Waals surface area (Å²) in [5.41, 5.74) is 4.16. The lowest BCUT2D eigenvalue weighted by atomic mass is 10.1. The summed E-state index contributed by atoms with van der Waals surface area (Å²) in [5, 5.41) is 2.93. The number of rotatable bonds is 11. The van der Waals surface area contributed by atoms with Gasteiger partial charge < -0.3 is 10.2 Å². The molecule has 192 valence electrons. The summed E-state index contributed by atoms with van der Waals surface area (Å²) in [7, 11) is -3.75. The molecule has 0 heterocycles. The molecule has 0 radical (unpaired) electrons. The van der Waals surface area contributed by atoms with Gasteiger partial charge in [0.05, 0.1) is 11.9 Å². The minimum Gasteiger partial charge on any atom is -0.354 e. The zero-order valence-corrected chi connectivity index (χ0v) is 22.8. The van der Waals surface area contributed by atoms with E-state index in [0.29, 0.717) is 18.7 Å². The number of aryl methyl sites for hydroxylation is 3. The van der Waals surface area contributed by atoms with Gasteiger partial charge in [0.15, 0.2) is 0 Å². The van der Waals surface area contributed by atoms with Gasteiger partial charge in [-0.15, -0.1) is 0 Å². The lowest BCUT2D eigenvalue weighted by Gasteiger charge is -2.33. The van der Waals surface area contributed by atoms with Gasteiger partial charge in [-0.05, 0) is 61.9 Å². The molecule has 0 aliphatic carbocycles. The minimum absolute atomic E-state index is 0.207. The van der Waals surface area contributed by atoms with Crippen molar-refractivity contribution in [1.82, 2.24) is 10.2 Å². The molecule has 0 fully saturated rings. The number of carbonyl (C=O) groups excluding carboxylic acids is 2. The maximum Gasteiger partial charge on any atom is 0.244 e. The van der Waals surface area contributed by atoms with Crippen LogP contribution in [-0.4, -0.2) is 50.5 Å². The second-order valence-corrected chi connectivity index (χ2v) is 11.6. The molecular formula is C27H39N3O4S. The van der Waals surface area contributed by atoms with E-state index in [4.69, 9.17) is 0 Å². The Labute approximate surface area is 210 Å². The van der Waals surface area contributed by atoms with Crippen LogP contribution in [0.15, 0.2) is 42.5 Å². The quantitative estimate of drug-likeness (QED) is 0.505. The summed E-state index contributed by atoms with van der Waals surface area (Å²) < 4.78 is 26.6. The largest absolute Gasteiger partial charge is 0.354 e. The maximum atomic E-state index is 13.7. The van der Waals surface area contributed by atoms with Crippen LogP contribution in [-0.2, 0) is 26.2 Å². The molecule has 0 aromatic heterocycles. The number of nitrogens with one attached hydrogen (secondary N) is 1. The van der Waals surface area contributed by atoms with Gasteiger partial charge in [0, 0.05) is 13.1 Å². The molecule has 7 nitrogen and oxygen atoms in total. The van der Waals surface area contributed by atoms with E-state index < -0.39 is 22.0 Å². The Kier molecular flexibility index (Phi) is 9.89. The van der Waals surface area contributed by atoms with Crippen molar-refractivity contribution in [1.29, 1.82) is 0 Å². The molecule has 1 atom stereocenters. The number of anilines is 1. The highest BCUT2D eigenvalue weighted by Gasteiger charge is 2.31.